The predicted octanol–water partition coefficient (Wildman–Crippen LogP) is 2.13. The molecule has 0 unspecified atom stereocenters. The molecule has 1 fully saturated rings. The molecule has 2 aromatic rings. The summed E-state index contributed by atoms with van der Waals surface area (Å²) in [7, 11) is -0.357. The number of rotatable bonds is 1. The molecule has 0 bridgehead atoms. The number of benzene rings is 1. The van der Waals surface area contributed by atoms with Gasteiger partial charge in [0.05, 0.1) is 17.4 Å². The first-order chi connectivity index (χ1) is 8.39. The molecule has 4 nitrogen and oxygen atoms in total. The number of aromatic nitrogens is 1. The number of hydrogen-bond donors (Lipinski definition) is 0. The summed E-state index contributed by atoms with van der Waals surface area (Å²) in [6.07, 6.45) is 1.70. The highest BCUT2D eigenvalue weighted by Crippen LogP contribution is 2.36. The first-order valence-corrected chi connectivity index (χ1v) is 6.09. The second-order valence-electron chi connectivity index (χ2n) is 5.71. The molecule has 0 atom stereocenters. The largest absolute Gasteiger partial charge is 0.494 e. The molecule has 2 heterocycles. The maximum absolute atomic E-state index is 5.99. The van der Waals surface area contributed by atoms with Crippen LogP contribution in [0.3, 0.4) is 0 Å². The van der Waals surface area contributed by atoms with Gasteiger partial charge in [-0.15, -0.1) is 0 Å². The van der Waals surface area contributed by atoms with E-state index in [-0.39, 0.29) is 18.3 Å². The Balaban J connectivity index is 1.96. The van der Waals surface area contributed by atoms with Gasteiger partial charge < -0.3 is 13.8 Å². The van der Waals surface area contributed by atoms with Gasteiger partial charge in [-0.2, -0.15) is 0 Å². The average Bonchev–Trinajstić information content (AvgIpc) is 2.80. The summed E-state index contributed by atoms with van der Waals surface area (Å²) in [5.41, 5.74) is 1.06. The van der Waals surface area contributed by atoms with Gasteiger partial charge in [-0.05, 0) is 45.3 Å². The van der Waals surface area contributed by atoms with Crippen molar-refractivity contribution in [3.63, 3.8) is 0 Å². The molecule has 1 aliphatic heterocycles. The van der Waals surface area contributed by atoms with Crippen molar-refractivity contribution in [2.75, 3.05) is 0 Å². The molecule has 1 saturated heterocycles. The molecule has 1 aliphatic rings. The van der Waals surface area contributed by atoms with Crippen LogP contribution >= 0.6 is 0 Å². The van der Waals surface area contributed by atoms with E-state index < -0.39 is 0 Å². The van der Waals surface area contributed by atoms with Crippen LogP contribution in [0.5, 0.6) is 0 Å². The molecule has 1 aromatic heterocycles. The van der Waals surface area contributed by atoms with Crippen LogP contribution in [0.25, 0.3) is 11.0 Å². The fraction of sp³-hybridized carbons (Fsp3) is 0.462. The summed E-state index contributed by atoms with van der Waals surface area (Å²) in [6, 6.07) is 5.87. The van der Waals surface area contributed by atoms with E-state index in [0.717, 1.165) is 16.4 Å². The van der Waals surface area contributed by atoms with Crippen LogP contribution in [0.4, 0.5) is 0 Å². The molecule has 3 rings (SSSR count). The fourth-order valence-electron chi connectivity index (χ4n) is 2.00. The Hall–Kier alpha value is -1.33. The lowest BCUT2D eigenvalue weighted by Crippen LogP contribution is -2.41. The molecule has 18 heavy (non-hydrogen) atoms. The van der Waals surface area contributed by atoms with Crippen molar-refractivity contribution < 1.29 is 13.8 Å². The first kappa shape index (κ1) is 11.7. The first-order valence-electron chi connectivity index (χ1n) is 6.09. The third-order valence-electron chi connectivity index (χ3n) is 3.91. The molecule has 0 saturated carbocycles. The van der Waals surface area contributed by atoms with E-state index in [2.05, 4.69) is 5.16 Å². The number of nitrogens with zero attached hydrogens (tertiary/aromatic N) is 1. The monoisotopic (exact) mass is 245 g/mol. The maximum atomic E-state index is 5.99. The highest BCUT2D eigenvalue weighted by molar-refractivity contribution is 6.62. The number of fused-ring (bicyclic) bond motifs is 1. The van der Waals surface area contributed by atoms with E-state index in [1.165, 1.54) is 0 Å². The van der Waals surface area contributed by atoms with Crippen LogP contribution in [0, 0.1) is 0 Å². The molecule has 0 amide bonds. The van der Waals surface area contributed by atoms with Gasteiger partial charge in [-0.3, -0.25) is 0 Å². The highest BCUT2D eigenvalue weighted by Gasteiger charge is 2.51. The second kappa shape index (κ2) is 3.59. The Morgan fingerprint density at radius 1 is 1.06 bits per heavy atom. The fourth-order valence-corrected chi connectivity index (χ4v) is 2.00. The van der Waals surface area contributed by atoms with E-state index in [4.69, 9.17) is 13.8 Å². The lowest BCUT2D eigenvalue weighted by molar-refractivity contribution is 0.00578. The van der Waals surface area contributed by atoms with Crippen molar-refractivity contribution in [1.29, 1.82) is 0 Å². The van der Waals surface area contributed by atoms with Crippen molar-refractivity contribution in [3.8, 4) is 0 Å². The third kappa shape index (κ3) is 1.66. The van der Waals surface area contributed by atoms with Gasteiger partial charge in [-0.1, -0.05) is 11.2 Å². The van der Waals surface area contributed by atoms with Crippen LogP contribution in [0.15, 0.2) is 28.9 Å². The van der Waals surface area contributed by atoms with Gasteiger partial charge in [0, 0.05) is 5.39 Å². The molecule has 0 N–H and O–H groups in total. The van der Waals surface area contributed by atoms with E-state index in [0.29, 0.717) is 0 Å². The summed E-state index contributed by atoms with van der Waals surface area (Å²) < 4.78 is 17.1. The normalized spacial score (nSPS) is 21.7. The Labute approximate surface area is 106 Å². The standard InChI is InChI=1S/C13H16BNO3/c1-12(2)13(3,4)18-14(17-12)10-6-5-9-8-15-16-11(9)7-10/h5-8H,1-4H3. The Kier molecular flexibility index (Phi) is 2.34. The van der Waals surface area contributed by atoms with Crippen LogP contribution < -0.4 is 5.46 Å². The van der Waals surface area contributed by atoms with Gasteiger partial charge in [0.15, 0.2) is 5.58 Å². The van der Waals surface area contributed by atoms with Gasteiger partial charge in [0.1, 0.15) is 0 Å². The molecular weight excluding hydrogens is 229 g/mol. The molecular formula is C13H16BNO3. The lowest BCUT2D eigenvalue weighted by atomic mass is 9.79. The number of hydrogen-bond acceptors (Lipinski definition) is 4. The zero-order chi connectivity index (χ0) is 13.0. The van der Waals surface area contributed by atoms with E-state index >= 15 is 0 Å². The highest BCUT2D eigenvalue weighted by atomic mass is 16.7. The van der Waals surface area contributed by atoms with E-state index in [1.807, 2.05) is 45.9 Å². The van der Waals surface area contributed by atoms with Crippen molar-refractivity contribution in [1.82, 2.24) is 5.16 Å². The predicted molar refractivity (Wildman–Crippen MR) is 69.7 cm³/mol. The summed E-state index contributed by atoms with van der Waals surface area (Å²) in [4.78, 5) is 0. The minimum Gasteiger partial charge on any atom is -0.399 e. The van der Waals surface area contributed by atoms with Crippen LogP contribution in [-0.2, 0) is 9.31 Å². The summed E-state index contributed by atoms with van der Waals surface area (Å²) in [5.74, 6) is 0. The minimum atomic E-state index is -0.357. The van der Waals surface area contributed by atoms with Gasteiger partial charge in [0.25, 0.3) is 0 Å². The molecule has 0 aliphatic carbocycles. The zero-order valence-corrected chi connectivity index (χ0v) is 11.1. The summed E-state index contributed by atoms with van der Waals surface area (Å²) in [6.45, 7) is 8.17. The van der Waals surface area contributed by atoms with Crippen LogP contribution in [0.2, 0.25) is 0 Å². The van der Waals surface area contributed by atoms with E-state index in [9.17, 15) is 0 Å². The topological polar surface area (TPSA) is 44.5 Å². The Morgan fingerprint density at radius 3 is 2.39 bits per heavy atom. The lowest BCUT2D eigenvalue weighted by Gasteiger charge is -2.32. The zero-order valence-electron chi connectivity index (χ0n) is 11.1. The van der Waals surface area contributed by atoms with E-state index in [1.54, 1.807) is 6.20 Å². The van der Waals surface area contributed by atoms with Crippen molar-refractivity contribution >= 4 is 23.6 Å². The van der Waals surface area contributed by atoms with Crippen molar-refractivity contribution in [2.45, 2.75) is 38.9 Å². The van der Waals surface area contributed by atoms with Crippen LogP contribution in [-0.4, -0.2) is 23.5 Å². The smallest absolute Gasteiger partial charge is 0.399 e. The van der Waals surface area contributed by atoms with Crippen molar-refractivity contribution in [3.05, 3.63) is 24.4 Å². The van der Waals surface area contributed by atoms with Gasteiger partial charge in [-0.25, -0.2) is 0 Å². The molecule has 1 aromatic carbocycles. The SMILES string of the molecule is CC1(C)OB(c2ccc3cnoc3c2)OC1(C)C. The molecule has 0 radical (unpaired) electrons. The van der Waals surface area contributed by atoms with Gasteiger partial charge in [0.2, 0.25) is 0 Å². The molecule has 94 valence electrons. The average molecular weight is 245 g/mol. The summed E-state index contributed by atoms with van der Waals surface area (Å²) >= 11 is 0. The van der Waals surface area contributed by atoms with Crippen LogP contribution in [0.1, 0.15) is 27.7 Å². The Bertz CT molecular complexity index is 575. The Morgan fingerprint density at radius 2 is 1.72 bits per heavy atom. The second-order valence-corrected chi connectivity index (χ2v) is 5.71. The quantitative estimate of drug-likeness (QED) is 0.722. The van der Waals surface area contributed by atoms with Gasteiger partial charge >= 0.3 is 7.12 Å². The molecule has 0 spiro atoms. The maximum Gasteiger partial charge on any atom is 0.494 e. The van der Waals surface area contributed by atoms with Crippen molar-refractivity contribution in [2.24, 2.45) is 0 Å². The summed E-state index contributed by atoms with van der Waals surface area (Å²) in [5, 5.41) is 4.75. The third-order valence-corrected chi connectivity index (χ3v) is 3.91. The minimum absolute atomic E-state index is 0.325. The molecule has 5 heteroatoms.